The van der Waals surface area contributed by atoms with Gasteiger partial charge >= 0.3 is 23.9 Å². The van der Waals surface area contributed by atoms with Crippen molar-refractivity contribution in [1.29, 1.82) is 0 Å². The van der Waals surface area contributed by atoms with Crippen LogP contribution in [0.15, 0.2) is 96.0 Å². The lowest BCUT2D eigenvalue weighted by molar-refractivity contribution is -0.143. The van der Waals surface area contributed by atoms with Crippen molar-refractivity contribution >= 4 is 48.1 Å². The number of carboxylic acids is 3. The quantitative estimate of drug-likeness (QED) is 0.0122. The fraction of sp³-hybridized carbons (Fsp3) is 0.450. The maximum atomic E-state index is 11.2. The lowest BCUT2D eigenvalue weighted by Crippen LogP contribution is -2.30. The Kier molecular flexibility index (Phi) is 39.5. The van der Waals surface area contributed by atoms with Gasteiger partial charge in [-0.1, -0.05) is 158 Å². The van der Waals surface area contributed by atoms with Gasteiger partial charge in [0, 0.05) is 80.7 Å². The molecule has 6 aromatic rings. The van der Waals surface area contributed by atoms with E-state index in [4.69, 9.17) is 47.5 Å². The van der Waals surface area contributed by atoms with E-state index >= 15 is 0 Å². The SMILES string of the molecule is C.CC.CC.CC.COC(=O)CC(O)CC(O)/C=C/c1c(C)nc2c(c1C)Cc1ccccc1C2.Cc1nc2c(c(C)c1/C=C/C(O)CC(O)CC(=O)O)Cc1ccccc1C2.Cc1nc2c(c(C)c1/C=C/C(O)CC(O)CC(=O)O)Cc1ccccc1C2.NC(N)=NCCCC(N)C(=O)O.[HH]. The number of esters is 1. The number of aromatic nitrogens is 3. The first kappa shape index (κ1) is 88.3. The van der Waals surface area contributed by atoms with E-state index in [1.165, 1.54) is 62.7 Å². The summed E-state index contributed by atoms with van der Waals surface area (Å²) in [6.07, 6.45) is 9.89. The average Bonchev–Trinajstić information content (AvgIpc) is 0.789. The molecule has 0 radical (unpaired) electrons. The number of aliphatic imine (C=N–C) groups is 1. The van der Waals surface area contributed by atoms with Gasteiger partial charge < -0.3 is 67.9 Å². The smallest absolute Gasteiger partial charge is 0.320 e. The molecule has 21 nitrogen and oxygen atoms in total. The van der Waals surface area contributed by atoms with Crippen molar-refractivity contribution in [3.8, 4) is 0 Å². The summed E-state index contributed by atoms with van der Waals surface area (Å²) in [5.41, 5.74) is 39.5. The third-order valence-electron chi connectivity index (χ3n) is 17.0. The number of rotatable bonds is 23. The number of nitrogens with two attached hydrogens (primary N) is 3. The standard InChI is InChI=1S/C23H27NO4.2C22H25NO4.C6H14N4O2.3C2H6.CH4.H2/c1-14-20(9-8-18(25)12-19(26)13-23(27)28-3)15(2)24-22-11-17-7-5-4-6-16(17)10-21(14)22;2*1-13-19(8-7-17(24)11-18(25)12-22(26)27)14(2)23-21-10-16-6-4-3-5-15(16)9-20(13)21;7-4(5(11)12)2-1-3-10-6(8)9;3*1-2;;/h4-9,18-19,25-26H,10-13H2,1-3H3;2*3-8,17-18,24-25H,9-12H2,1-2H3,(H,26,27);4H,1-3,7H2,(H,11,12)(H4,8,9,10);3*1-2H3;1H4;1H/b9-8+;2*8-7+;;;;;;. The molecule has 3 aromatic carbocycles. The van der Waals surface area contributed by atoms with Crippen molar-refractivity contribution in [3.05, 3.63) is 209 Å². The monoisotopic (exact) mass is 1400 g/mol. The molecular formula is C80H115N7O14. The summed E-state index contributed by atoms with van der Waals surface area (Å²) in [6, 6.07) is 24.5. The van der Waals surface area contributed by atoms with Gasteiger partial charge in [0.05, 0.1) is 63.0 Å². The fourth-order valence-electron chi connectivity index (χ4n) is 11.9. The molecule has 0 fully saturated rings. The van der Waals surface area contributed by atoms with Crippen molar-refractivity contribution in [3.63, 3.8) is 0 Å². The number of carbonyl (C=O) groups excluding carboxylic acids is 1. The number of aryl methyl sites for hydroxylation is 3. The zero-order valence-corrected chi connectivity index (χ0v) is 60.6. The minimum absolute atomic E-state index is 0. The number of benzene rings is 3. The predicted octanol–water partition coefficient (Wildman–Crippen LogP) is 10.9. The highest BCUT2D eigenvalue weighted by Gasteiger charge is 2.25. The maximum absolute atomic E-state index is 11.2. The molecule has 7 unspecified atom stereocenters. The van der Waals surface area contributed by atoms with Gasteiger partial charge in [-0.25, -0.2) is 0 Å². The van der Waals surface area contributed by atoms with E-state index in [-0.39, 0.29) is 53.3 Å². The van der Waals surface area contributed by atoms with Crippen LogP contribution in [-0.2, 0) is 62.4 Å². The molecule has 101 heavy (non-hydrogen) atoms. The predicted molar refractivity (Wildman–Crippen MR) is 404 cm³/mol. The second-order valence-corrected chi connectivity index (χ2v) is 24.2. The van der Waals surface area contributed by atoms with Crippen LogP contribution in [0.3, 0.4) is 0 Å². The Balaban J connectivity index is 0.000000679. The van der Waals surface area contributed by atoms with Crippen LogP contribution in [0.4, 0.5) is 0 Å². The second kappa shape index (κ2) is 45.1. The number of guanidine groups is 1. The van der Waals surface area contributed by atoms with Gasteiger partial charge in [-0.2, -0.15) is 0 Å². The molecule has 0 saturated carbocycles. The number of fused-ring (bicyclic) bond motifs is 6. The van der Waals surface area contributed by atoms with Gasteiger partial charge in [0.25, 0.3) is 0 Å². The molecule has 0 bridgehead atoms. The zero-order chi connectivity index (χ0) is 74.9. The molecule has 0 amide bonds. The Morgan fingerprint density at radius 3 is 1.03 bits per heavy atom. The van der Waals surface area contributed by atoms with Crippen LogP contribution >= 0.6 is 0 Å². The van der Waals surface area contributed by atoms with Crippen LogP contribution in [0.5, 0.6) is 0 Å². The third kappa shape index (κ3) is 28.3. The molecule has 3 aromatic heterocycles. The summed E-state index contributed by atoms with van der Waals surface area (Å²) in [7, 11) is 1.28. The molecule has 15 N–H and O–H groups in total. The summed E-state index contributed by atoms with van der Waals surface area (Å²) in [5, 5.41) is 85.3. The Morgan fingerprint density at radius 1 is 0.495 bits per heavy atom. The van der Waals surface area contributed by atoms with Crippen molar-refractivity contribution in [2.75, 3.05) is 13.7 Å². The number of aliphatic hydroxyl groups excluding tert-OH is 6. The Bertz CT molecular complexity index is 3630. The first-order valence-corrected chi connectivity index (χ1v) is 34.5. The molecule has 0 saturated heterocycles. The van der Waals surface area contributed by atoms with Gasteiger partial charge in [0.15, 0.2) is 5.96 Å². The zero-order valence-electron chi connectivity index (χ0n) is 60.6. The van der Waals surface area contributed by atoms with E-state index in [0.29, 0.717) is 19.4 Å². The molecular weight excluding hydrogens is 1280 g/mol. The maximum Gasteiger partial charge on any atom is 0.320 e. The number of ether oxygens (including phenoxy) is 1. The Morgan fingerprint density at radius 2 is 0.772 bits per heavy atom. The number of carbonyl (C=O) groups is 4. The molecule has 7 atom stereocenters. The van der Waals surface area contributed by atoms with E-state index in [1.54, 1.807) is 18.2 Å². The number of carboxylic acid groups (broad SMARTS) is 3. The van der Waals surface area contributed by atoms with Gasteiger partial charge in [-0.3, -0.25) is 39.1 Å². The molecule has 3 aliphatic carbocycles. The molecule has 9 rings (SSSR count). The number of nitrogens with zero attached hydrogens (tertiary/aromatic N) is 4. The minimum atomic E-state index is -1.08. The third-order valence-corrected chi connectivity index (χ3v) is 17.0. The van der Waals surface area contributed by atoms with Gasteiger partial charge in [-0.15, -0.1) is 0 Å². The summed E-state index contributed by atoms with van der Waals surface area (Å²) in [6.45, 7) is 24.6. The second-order valence-electron chi connectivity index (χ2n) is 24.2. The summed E-state index contributed by atoms with van der Waals surface area (Å²) in [4.78, 5) is 60.7. The van der Waals surface area contributed by atoms with Crippen molar-refractivity contribution in [2.24, 2.45) is 22.2 Å². The highest BCUT2D eigenvalue weighted by molar-refractivity contribution is 5.76. The van der Waals surface area contributed by atoms with E-state index < -0.39 is 66.5 Å². The average molecular weight is 1400 g/mol. The number of aliphatic carboxylic acids is 3. The number of aliphatic hydroxyl groups is 6. The van der Waals surface area contributed by atoms with Crippen LogP contribution in [0.1, 0.15) is 219 Å². The van der Waals surface area contributed by atoms with Crippen LogP contribution in [0, 0.1) is 41.5 Å². The first-order chi connectivity index (χ1) is 47.6. The van der Waals surface area contributed by atoms with Crippen LogP contribution in [-0.4, -0.2) is 147 Å². The number of methoxy groups -OCH3 is 1. The van der Waals surface area contributed by atoms with Crippen molar-refractivity contribution in [1.82, 2.24) is 15.0 Å². The molecule has 554 valence electrons. The summed E-state index contributed by atoms with van der Waals surface area (Å²) < 4.78 is 4.53. The number of hydrogen-bond donors (Lipinski definition) is 12. The summed E-state index contributed by atoms with van der Waals surface area (Å²) >= 11 is 0. The molecule has 0 aliphatic heterocycles. The summed E-state index contributed by atoms with van der Waals surface area (Å²) in [5.74, 6) is -3.64. The normalized spacial score (nSPS) is 13.9. The van der Waals surface area contributed by atoms with Gasteiger partial charge in [0.1, 0.15) is 6.04 Å². The van der Waals surface area contributed by atoms with E-state index in [9.17, 15) is 49.8 Å². The highest BCUT2D eigenvalue weighted by atomic mass is 16.5. The lowest BCUT2D eigenvalue weighted by Gasteiger charge is -2.23. The Labute approximate surface area is 599 Å². The van der Waals surface area contributed by atoms with Crippen molar-refractivity contribution in [2.45, 2.75) is 223 Å². The van der Waals surface area contributed by atoms with E-state index in [0.717, 1.165) is 101 Å². The van der Waals surface area contributed by atoms with Gasteiger partial charge in [0.2, 0.25) is 0 Å². The van der Waals surface area contributed by atoms with Crippen LogP contribution in [0.2, 0.25) is 0 Å². The largest absolute Gasteiger partial charge is 0.481 e. The van der Waals surface area contributed by atoms with E-state index in [1.807, 2.05) is 80.5 Å². The highest BCUT2D eigenvalue weighted by Crippen LogP contribution is 2.34. The van der Waals surface area contributed by atoms with Crippen LogP contribution in [0.25, 0.3) is 18.2 Å². The van der Waals surface area contributed by atoms with Crippen LogP contribution < -0.4 is 17.2 Å². The number of hydrogen-bond acceptors (Lipinski definition) is 16. The minimum Gasteiger partial charge on any atom is -0.481 e. The lowest BCUT2D eigenvalue weighted by atomic mass is 9.85. The van der Waals surface area contributed by atoms with E-state index in [2.05, 4.69) is 103 Å². The number of pyridine rings is 3. The molecule has 0 spiro atoms. The van der Waals surface area contributed by atoms with Crippen molar-refractivity contribution < 1.29 is 71.3 Å². The molecule has 3 aliphatic rings. The molecule has 3 heterocycles. The topological polar surface area (TPSA) is 389 Å². The Hall–Kier alpha value is -8.80. The van der Waals surface area contributed by atoms with Gasteiger partial charge in [-0.05, 0) is 157 Å². The molecule has 21 heteroatoms. The first-order valence-electron chi connectivity index (χ1n) is 34.5. The fourth-order valence-corrected chi connectivity index (χ4v) is 11.9.